The van der Waals surface area contributed by atoms with Crippen LogP contribution in [0, 0.1) is 0 Å². The van der Waals surface area contributed by atoms with Crippen molar-refractivity contribution in [1.82, 2.24) is 5.32 Å². The number of unbranched alkanes of at least 4 members (excludes halogenated alkanes) is 35. The van der Waals surface area contributed by atoms with Gasteiger partial charge >= 0.3 is 0 Å². The van der Waals surface area contributed by atoms with Crippen LogP contribution in [-0.2, 0) is 23.7 Å². The van der Waals surface area contributed by atoms with Crippen molar-refractivity contribution in [1.29, 1.82) is 0 Å². The Kier molecular flexibility index (Phi) is 50.8. The van der Waals surface area contributed by atoms with E-state index in [0.717, 1.165) is 51.4 Å². The SMILES string of the molecule is CCCCCCC/C=C\C/C=C\C/C=C\CCCCCCCCCCC(=O)NC(COC1OC(CO)C(OC2OC(CO)C(O)C(O)C2O)C(O)C1O)C(O)/C=C/CC/C=C/CCCCCCCCCCCCCCCCCCCCCCC. The van der Waals surface area contributed by atoms with Crippen molar-refractivity contribution in [3.63, 3.8) is 0 Å². The van der Waals surface area contributed by atoms with Gasteiger partial charge in [-0.05, 0) is 70.6 Å². The number of rotatable bonds is 56. The third kappa shape index (κ3) is 38.9. The molecular formula is C70H127NO13. The minimum Gasteiger partial charge on any atom is -0.394 e. The zero-order valence-corrected chi connectivity index (χ0v) is 53.1. The van der Waals surface area contributed by atoms with E-state index in [9.17, 15) is 45.6 Å². The molecule has 12 atom stereocenters. The molecule has 0 spiro atoms. The molecule has 1 amide bonds. The first kappa shape index (κ1) is 77.8. The maximum atomic E-state index is 13.3. The first-order chi connectivity index (χ1) is 41.1. The van der Waals surface area contributed by atoms with Crippen molar-refractivity contribution in [3.05, 3.63) is 60.8 Å². The van der Waals surface area contributed by atoms with Gasteiger partial charge in [-0.25, -0.2) is 0 Å². The molecule has 9 N–H and O–H groups in total. The summed E-state index contributed by atoms with van der Waals surface area (Å²) in [7, 11) is 0. The van der Waals surface area contributed by atoms with Crippen LogP contribution in [0.15, 0.2) is 60.8 Å². The Morgan fingerprint density at radius 3 is 1.25 bits per heavy atom. The normalized spacial score (nSPS) is 24.0. The van der Waals surface area contributed by atoms with E-state index in [1.165, 1.54) is 199 Å². The average Bonchev–Trinajstić information content (AvgIpc) is 3.18. The molecule has 0 aromatic heterocycles. The van der Waals surface area contributed by atoms with Gasteiger partial charge in [0, 0.05) is 6.42 Å². The molecule has 14 nitrogen and oxygen atoms in total. The van der Waals surface area contributed by atoms with E-state index >= 15 is 0 Å². The summed E-state index contributed by atoms with van der Waals surface area (Å²) < 4.78 is 22.8. The predicted molar refractivity (Wildman–Crippen MR) is 341 cm³/mol. The highest BCUT2D eigenvalue weighted by molar-refractivity contribution is 5.76. The van der Waals surface area contributed by atoms with Gasteiger partial charge in [0.05, 0.1) is 32.0 Å². The Balaban J connectivity index is 1.72. The maximum Gasteiger partial charge on any atom is 0.220 e. The molecule has 0 saturated carbocycles. The van der Waals surface area contributed by atoms with Gasteiger partial charge in [0.15, 0.2) is 12.6 Å². The Labute approximate surface area is 511 Å². The lowest BCUT2D eigenvalue weighted by Gasteiger charge is -2.46. The minimum absolute atomic E-state index is 0.255. The first-order valence-corrected chi connectivity index (χ1v) is 34.5. The van der Waals surface area contributed by atoms with Gasteiger partial charge in [0.1, 0.15) is 48.8 Å². The van der Waals surface area contributed by atoms with E-state index in [1.807, 2.05) is 6.08 Å². The summed E-state index contributed by atoms with van der Waals surface area (Å²) in [6.45, 7) is 2.79. The number of carbonyl (C=O) groups is 1. The lowest BCUT2D eigenvalue weighted by molar-refractivity contribution is -0.359. The average molecular weight is 1190 g/mol. The van der Waals surface area contributed by atoms with Crippen LogP contribution in [0.2, 0.25) is 0 Å². The summed E-state index contributed by atoms with van der Waals surface area (Å²) in [6, 6.07) is -0.940. The molecule has 0 aliphatic carbocycles. The van der Waals surface area contributed by atoms with Crippen molar-refractivity contribution in [2.24, 2.45) is 0 Å². The zero-order chi connectivity index (χ0) is 60.9. The fraction of sp³-hybridized carbons (Fsp3) is 0.843. The molecule has 490 valence electrons. The standard InChI is InChI=1S/C70H127NO13/c1-3-5-7-9-11-13-15-17-19-21-23-25-27-28-29-30-32-33-35-37-39-41-43-45-47-49-51-53-59(74)58(57-81-69-67(80)65(78)68(61(56-73)83-69)84-70-66(79)64(77)63(76)60(55-72)82-70)71-62(75)54-52-50-48-46-44-42-40-38-36-34-31-26-24-22-20-18-16-14-12-10-8-6-4-2/h16,18,22,24,31,34,43,45,51,53,58-61,63-70,72-74,76-80H,3-15,17,19-21,23,25-30,32-33,35-42,44,46-50,52,54-57H2,1-2H3,(H,71,75)/b18-16-,24-22-,34-31-,45-43+,53-51+. The quantitative estimate of drug-likeness (QED) is 0.0204. The Hall–Kier alpha value is -2.31. The third-order valence-electron chi connectivity index (χ3n) is 16.7. The van der Waals surface area contributed by atoms with Crippen LogP contribution in [0.5, 0.6) is 0 Å². The molecule has 84 heavy (non-hydrogen) atoms. The van der Waals surface area contributed by atoms with Crippen molar-refractivity contribution in [2.75, 3.05) is 19.8 Å². The lowest BCUT2D eigenvalue weighted by Crippen LogP contribution is -2.65. The molecule has 2 saturated heterocycles. The van der Waals surface area contributed by atoms with Gasteiger partial charge in [-0.15, -0.1) is 0 Å². The first-order valence-electron chi connectivity index (χ1n) is 34.5. The van der Waals surface area contributed by atoms with Crippen molar-refractivity contribution in [2.45, 2.75) is 357 Å². The van der Waals surface area contributed by atoms with E-state index in [0.29, 0.717) is 12.8 Å². The predicted octanol–water partition coefficient (Wildman–Crippen LogP) is 13.7. The van der Waals surface area contributed by atoms with Crippen molar-refractivity contribution in [3.8, 4) is 0 Å². The Morgan fingerprint density at radius 2 is 0.798 bits per heavy atom. The van der Waals surface area contributed by atoms with Crippen LogP contribution in [0.3, 0.4) is 0 Å². The molecular weight excluding hydrogens is 1060 g/mol. The van der Waals surface area contributed by atoms with E-state index in [4.69, 9.17) is 18.9 Å². The van der Waals surface area contributed by atoms with Crippen LogP contribution in [-0.4, -0.2) is 140 Å². The van der Waals surface area contributed by atoms with Crippen molar-refractivity contribution < 1.29 is 64.6 Å². The number of hydrogen-bond acceptors (Lipinski definition) is 13. The number of carbonyl (C=O) groups excluding carboxylic acids is 1. The second-order valence-electron chi connectivity index (χ2n) is 24.3. The van der Waals surface area contributed by atoms with Gasteiger partial charge in [-0.3, -0.25) is 4.79 Å². The van der Waals surface area contributed by atoms with Crippen LogP contribution >= 0.6 is 0 Å². The highest BCUT2D eigenvalue weighted by Crippen LogP contribution is 2.30. The zero-order valence-electron chi connectivity index (χ0n) is 53.1. The number of ether oxygens (including phenoxy) is 4. The number of hydrogen-bond donors (Lipinski definition) is 9. The molecule has 2 aliphatic heterocycles. The molecule has 0 aromatic carbocycles. The number of amides is 1. The van der Waals surface area contributed by atoms with Gasteiger partial charge < -0.3 is 65.1 Å². The highest BCUT2D eigenvalue weighted by Gasteiger charge is 2.51. The van der Waals surface area contributed by atoms with Gasteiger partial charge in [-0.2, -0.15) is 0 Å². The van der Waals surface area contributed by atoms with Crippen molar-refractivity contribution >= 4 is 5.91 Å². The van der Waals surface area contributed by atoms with Crippen LogP contribution in [0.4, 0.5) is 0 Å². The van der Waals surface area contributed by atoms with E-state index < -0.39 is 86.8 Å². The number of allylic oxidation sites excluding steroid dienone is 9. The lowest BCUT2D eigenvalue weighted by atomic mass is 9.97. The highest BCUT2D eigenvalue weighted by atomic mass is 16.7. The molecule has 2 heterocycles. The Morgan fingerprint density at radius 1 is 0.429 bits per heavy atom. The second-order valence-corrected chi connectivity index (χ2v) is 24.3. The molecule has 0 radical (unpaired) electrons. The number of aliphatic hydroxyl groups is 8. The molecule has 2 fully saturated rings. The second kappa shape index (κ2) is 54.8. The summed E-state index contributed by atoms with van der Waals surface area (Å²) in [6.07, 6.45) is 55.6. The molecule has 14 heteroatoms. The number of nitrogens with one attached hydrogen (secondary N) is 1. The molecule has 0 aromatic rings. The monoisotopic (exact) mass is 1190 g/mol. The third-order valence-corrected chi connectivity index (χ3v) is 16.7. The van der Waals surface area contributed by atoms with Gasteiger partial charge in [0.25, 0.3) is 0 Å². The van der Waals surface area contributed by atoms with Crippen LogP contribution in [0.25, 0.3) is 0 Å². The fourth-order valence-corrected chi connectivity index (χ4v) is 11.1. The van der Waals surface area contributed by atoms with Gasteiger partial charge in [-0.1, -0.05) is 267 Å². The summed E-state index contributed by atoms with van der Waals surface area (Å²) in [5.74, 6) is -0.255. The topological polar surface area (TPSA) is 228 Å². The molecule has 12 unspecified atom stereocenters. The van der Waals surface area contributed by atoms with Crippen LogP contribution in [0.1, 0.15) is 284 Å². The maximum absolute atomic E-state index is 13.3. The van der Waals surface area contributed by atoms with E-state index in [-0.39, 0.29) is 18.9 Å². The smallest absolute Gasteiger partial charge is 0.220 e. The number of aliphatic hydroxyl groups excluding tert-OH is 8. The molecule has 2 aliphatic rings. The largest absolute Gasteiger partial charge is 0.394 e. The van der Waals surface area contributed by atoms with Crippen LogP contribution < -0.4 is 5.32 Å². The van der Waals surface area contributed by atoms with E-state index in [1.54, 1.807) is 6.08 Å². The summed E-state index contributed by atoms with van der Waals surface area (Å²) in [4.78, 5) is 13.3. The van der Waals surface area contributed by atoms with Gasteiger partial charge in [0.2, 0.25) is 5.91 Å². The molecule has 0 bridgehead atoms. The summed E-state index contributed by atoms with van der Waals surface area (Å²) in [5, 5.41) is 87.4. The fourth-order valence-electron chi connectivity index (χ4n) is 11.1. The van der Waals surface area contributed by atoms with E-state index in [2.05, 4.69) is 67.8 Å². The summed E-state index contributed by atoms with van der Waals surface area (Å²) >= 11 is 0. The summed E-state index contributed by atoms with van der Waals surface area (Å²) in [5.41, 5.74) is 0. The molecule has 2 rings (SSSR count). The minimum atomic E-state index is -1.79. The Bertz CT molecular complexity index is 1640.